The van der Waals surface area contributed by atoms with Crippen molar-refractivity contribution in [3.05, 3.63) is 62.5 Å². The zero-order valence-electron chi connectivity index (χ0n) is 13.9. The Hall–Kier alpha value is -2.19. The van der Waals surface area contributed by atoms with Crippen molar-refractivity contribution in [1.29, 1.82) is 0 Å². The molecule has 0 aliphatic carbocycles. The van der Waals surface area contributed by atoms with Crippen molar-refractivity contribution in [2.45, 2.75) is 25.1 Å². The molecule has 1 fully saturated rings. The second-order valence-electron chi connectivity index (χ2n) is 6.31. The molecule has 2 aliphatic rings. The molecule has 138 valence electrons. The van der Waals surface area contributed by atoms with E-state index in [0.717, 1.165) is 8.95 Å². The minimum atomic E-state index is -0.868. The Bertz CT molecular complexity index is 962. The summed E-state index contributed by atoms with van der Waals surface area (Å²) in [4.78, 5) is 38.9. The first-order valence-electron chi connectivity index (χ1n) is 8.32. The van der Waals surface area contributed by atoms with E-state index >= 15 is 0 Å². The number of carbonyl (C=O) groups excluding carboxylic acids is 3. The summed E-state index contributed by atoms with van der Waals surface area (Å²) >= 11 is 6.78. The largest absolute Gasteiger partial charge is 0.433 e. The Morgan fingerprint density at radius 3 is 2.70 bits per heavy atom. The van der Waals surface area contributed by atoms with Crippen LogP contribution in [0.1, 0.15) is 35.0 Å². The van der Waals surface area contributed by atoms with E-state index in [1.165, 1.54) is 4.90 Å². The van der Waals surface area contributed by atoms with E-state index in [0.29, 0.717) is 23.2 Å². The molecule has 6 nitrogen and oxygen atoms in total. The monoisotopic (exact) mass is 492 g/mol. The summed E-state index contributed by atoms with van der Waals surface area (Å²) in [7, 11) is 0. The van der Waals surface area contributed by atoms with Crippen molar-refractivity contribution in [3.63, 3.8) is 0 Å². The topological polar surface area (TPSA) is 75.7 Å². The normalized spacial score (nSPS) is 21.2. The van der Waals surface area contributed by atoms with E-state index in [4.69, 9.17) is 4.74 Å². The zero-order chi connectivity index (χ0) is 19.1. The van der Waals surface area contributed by atoms with E-state index < -0.39 is 18.2 Å². The number of nitrogens with zero attached hydrogens (tertiary/aromatic N) is 1. The summed E-state index contributed by atoms with van der Waals surface area (Å²) in [5.41, 5.74) is 1.64. The van der Waals surface area contributed by atoms with Crippen LogP contribution in [-0.4, -0.2) is 28.7 Å². The molecular formula is C19H14Br2N2O4. The summed E-state index contributed by atoms with van der Waals surface area (Å²) in [5, 5.41) is 2.85. The average molecular weight is 494 g/mol. The van der Waals surface area contributed by atoms with Gasteiger partial charge in [0.15, 0.2) is 0 Å². The third kappa shape index (κ3) is 3.27. The maximum Gasteiger partial charge on any atom is 0.340 e. The number of cyclic esters (lactones) is 1. The number of hydrogen-bond acceptors (Lipinski definition) is 4. The summed E-state index contributed by atoms with van der Waals surface area (Å²) in [6, 6.07) is 11.6. The van der Waals surface area contributed by atoms with Gasteiger partial charge in [0, 0.05) is 20.9 Å². The highest BCUT2D eigenvalue weighted by atomic mass is 79.9. The maximum absolute atomic E-state index is 12.9. The molecule has 0 bridgehead atoms. The molecule has 1 saturated heterocycles. The molecule has 2 heterocycles. The lowest BCUT2D eigenvalue weighted by molar-refractivity contribution is -0.144. The van der Waals surface area contributed by atoms with Gasteiger partial charge in [-0.15, -0.1) is 0 Å². The number of likely N-dealkylation sites (tertiary alicyclic amines) is 1. The van der Waals surface area contributed by atoms with E-state index in [-0.39, 0.29) is 18.2 Å². The molecule has 0 saturated carbocycles. The molecule has 2 aliphatic heterocycles. The van der Waals surface area contributed by atoms with Gasteiger partial charge in [-0.05, 0) is 46.6 Å². The molecule has 1 N–H and O–H groups in total. The van der Waals surface area contributed by atoms with Gasteiger partial charge in [0.25, 0.3) is 0 Å². The lowest BCUT2D eigenvalue weighted by Gasteiger charge is -2.29. The number of ether oxygens (including phenoxy) is 1. The lowest BCUT2D eigenvalue weighted by atomic mass is 10.1. The van der Waals surface area contributed by atoms with Crippen molar-refractivity contribution >= 4 is 55.3 Å². The highest BCUT2D eigenvalue weighted by molar-refractivity contribution is 9.11. The Balaban J connectivity index is 1.60. The van der Waals surface area contributed by atoms with Gasteiger partial charge in [-0.2, -0.15) is 0 Å². The molecule has 2 atom stereocenters. The second-order valence-corrected chi connectivity index (χ2v) is 8.08. The average Bonchev–Trinajstić information content (AvgIpc) is 3.18. The molecule has 2 aromatic carbocycles. The number of rotatable bonds is 3. The molecule has 8 heteroatoms. The second kappa shape index (κ2) is 7.09. The van der Waals surface area contributed by atoms with Crippen molar-refractivity contribution in [2.75, 3.05) is 5.32 Å². The molecule has 2 unspecified atom stereocenters. The van der Waals surface area contributed by atoms with Crippen molar-refractivity contribution in [2.24, 2.45) is 0 Å². The van der Waals surface area contributed by atoms with Crippen LogP contribution in [0.25, 0.3) is 0 Å². The number of nitrogens with one attached hydrogen (secondary N) is 1. The first-order valence-corrected chi connectivity index (χ1v) is 9.91. The summed E-state index contributed by atoms with van der Waals surface area (Å²) in [5.74, 6) is -1.01. The van der Waals surface area contributed by atoms with Crippen LogP contribution in [0.5, 0.6) is 0 Å². The number of hydrogen-bond donors (Lipinski definition) is 1. The van der Waals surface area contributed by atoms with Crippen LogP contribution in [0.15, 0.2) is 51.4 Å². The number of benzene rings is 2. The number of esters is 1. The molecule has 4 rings (SSSR count). The van der Waals surface area contributed by atoms with Crippen LogP contribution in [0.3, 0.4) is 0 Å². The van der Waals surface area contributed by atoms with Gasteiger partial charge in [0.1, 0.15) is 6.04 Å². The van der Waals surface area contributed by atoms with Gasteiger partial charge in [0.05, 0.1) is 11.3 Å². The summed E-state index contributed by atoms with van der Waals surface area (Å²) < 4.78 is 7.02. The van der Waals surface area contributed by atoms with Crippen LogP contribution < -0.4 is 5.32 Å². The quantitative estimate of drug-likeness (QED) is 0.655. The Kier molecular flexibility index (Phi) is 4.77. The first kappa shape index (κ1) is 18.2. The molecule has 0 radical (unpaired) electrons. The number of amides is 2. The number of fused-ring (bicyclic) bond motifs is 1. The van der Waals surface area contributed by atoms with Crippen LogP contribution in [-0.2, 0) is 14.3 Å². The van der Waals surface area contributed by atoms with Crippen molar-refractivity contribution < 1.29 is 19.1 Å². The molecule has 27 heavy (non-hydrogen) atoms. The van der Waals surface area contributed by atoms with Gasteiger partial charge < -0.3 is 10.1 Å². The van der Waals surface area contributed by atoms with Crippen LogP contribution in [0.2, 0.25) is 0 Å². The summed E-state index contributed by atoms with van der Waals surface area (Å²) in [6.45, 7) is 0. The third-order valence-corrected chi connectivity index (χ3v) is 5.81. The Morgan fingerprint density at radius 1 is 1.15 bits per heavy atom. The minimum Gasteiger partial charge on any atom is -0.433 e. The van der Waals surface area contributed by atoms with Crippen molar-refractivity contribution in [1.82, 2.24) is 4.90 Å². The summed E-state index contributed by atoms with van der Waals surface area (Å²) in [6.07, 6.45) is -0.266. The van der Waals surface area contributed by atoms with Crippen LogP contribution in [0.4, 0.5) is 5.69 Å². The number of halogens is 2. The standard InChI is InChI=1S/C19H14Br2N2O4/c20-10-5-6-14(13(21)9-10)22-17(25)15-7-8-16(24)23(15)18-11-3-1-2-4-12(11)19(26)27-18/h1-6,9,15,18H,7-8H2,(H,22,25). The predicted molar refractivity (Wildman–Crippen MR) is 105 cm³/mol. The van der Waals surface area contributed by atoms with E-state index in [2.05, 4.69) is 37.2 Å². The highest BCUT2D eigenvalue weighted by Gasteiger charge is 2.46. The molecule has 2 amide bonds. The predicted octanol–water partition coefficient (Wildman–Crippen LogP) is 4.01. The Labute approximate surface area is 172 Å². The fourth-order valence-corrected chi connectivity index (χ4v) is 4.54. The molecule has 2 aromatic rings. The van der Waals surface area contributed by atoms with Gasteiger partial charge in [-0.1, -0.05) is 34.1 Å². The Morgan fingerprint density at radius 2 is 1.93 bits per heavy atom. The highest BCUT2D eigenvalue weighted by Crippen LogP contribution is 2.38. The van der Waals surface area contributed by atoms with Crippen LogP contribution >= 0.6 is 31.9 Å². The number of anilines is 1. The smallest absolute Gasteiger partial charge is 0.340 e. The fourth-order valence-electron chi connectivity index (χ4n) is 3.39. The van der Waals surface area contributed by atoms with Gasteiger partial charge in [0.2, 0.25) is 18.0 Å². The molecule has 0 spiro atoms. The third-order valence-electron chi connectivity index (χ3n) is 4.67. The van der Waals surface area contributed by atoms with Gasteiger partial charge >= 0.3 is 5.97 Å². The van der Waals surface area contributed by atoms with Crippen molar-refractivity contribution in [3.8, 4) is 0 Å². The van der Waals surface area contributed by atoms with E-state index in [1.54, 1.807) is 30.3 Å². The molecule has 0 aromatic heterocycles. The maximum atomic E-state index is 12.9. The molecular weight excluding hydrogens is 480 g/mol. The van der Waals surface area contributed by atoms with E-state index in [1.807, 2.05) is 12.1 Å². The van der Waals surface area contributed by atoms with Crippen LogP contribution in [0, 0.1) is 0 Å². The first-order chi connectivity index (χ1) is 13.0. The SMILES string of the molecule is O=C1OC(N2C(=O)CCC2C(=O)Nc2ccc(Br)cc2Br)c2ccccc21. The van der Waals surface area contributed by atoms with E-state index in [9.17, 15) is 14.4 Å². The van der Waals surface area contributed by atoms with Gasteiger partial charge in [-0.25, -0.2) is 4.79 Å². The lowest BCUT2D eigenvalue weighted by Crippen LogP contribution is -2.43. The minimum absolute atomic E-state index is 0.209. The van der Waals surface area contributed by atoms with Gasteiger partial charge in [-0.3, -0.25) is 14.5 Å². The zero-order valence-corrected chi connectivity index (χ0v) is 17.1. The fraction of sp³-hybridized carbons (Fsp3) is 0.211. The number of carbonyl (C=O) groups is 3.